The van der Waals surface area contributed by atoms with Crippen molar-refractivity contribution in [1.29, 1.82) is 0 Å². The third kappa shape index (κ3) is 2.11. The predicted octanol–water partition coefficient (Wildman–Crippen LogP) is 3.24. The van der Waals surface area contributed by atoms with E-state index in [-0.39, 0.29) is 23.6 Å². The van der Waals surface area contributed by atoms with Crippen molar-refractivity contribution < 1.29 is 4.79 Å². The number of carbonyl (C=O) groups is 1. The summed E-state index contributed by atoms with van der Waals surface area (Å²) in [6.07, 6.45) is 5.32. The van der Waals surface area contributed by atoms with Gasteiger partial charge >= 0.3 is 0 Å². The molecule has 2 aromatic rings. The molecule has 2 aliphatic rings. The number of hydrogen-bond acceptors (Lipinski definition) is 2. The van der Waals surface area contributed by atoms with E-state index in [0.717, 1.165) is 6.42 Å². The van der Waals surface area contributed by atoms with Crippen LogP contribution in [0.5, 0.6) is 0 Å². The number of halogens is 2. The molecule has 0 spiro atoms. The summed E-state index contributed by atoms with van der Waals surface area (Å²) in [5, 5.41) is 1.07. The van der Waals surface area contributed by atoms with Crippen LogP contribution in [0.4, 0.5) is 0 Å². The van der Waals surface area contributed by atoms with Gasteiger partial charge in [-0.3, -0.25) is 9.69 Å². The number of benzene rings is 1. The van der Waals surface area contributed by atoms with Gasteiger partial charge in [-0.05, 0) is 47.8 Å². The van der Waals surface area contributed by atoms with Gasteiger partial charge in [0, 0.05) is 36.7 Å². The van der Waals surface area contributed by atoms with Crippen molar-refractivity contribution in [3.8, 4) is 0 Å². The summed E-state index contributed by atoms with van der Waals surface area (Å²) >= 11 is 5.75. The molecule has 116 valence electrons. The second-order valence-electron chi connectivity index (χ2n) is 6.16. The minimum atomic E-state index is -0.265. The maximum atomic E-state index is 11.6. The first-order chi connectivity index (χ1) is 10.1. The zero-order valence-corrected chi connectivity index (χ0v) is 14.1. The van der Waals surface area contributed by atoms with Gasteiger partial charge < -0.3 is 4.57 Å². The van der Waals surface area contributed by atoms with Crippen LogP contribution < -0.4 is 0 Å². The molecule has 0 fully saturated rings. The largest absolute Gasteiger partial charge is 0.350 e. The molecule has 22 heavy (non-hydrogen) atoms. The normalized spacial score (nSPS) is 23.7. The van der Waals surface area contributed by atoms with Crippen LogP contribution in [0.2, 0.25) is 0 Å². The molecule has 0 N–H and O–H groups in total. The topological polar surface area (TPSA) is 25.2 Å². The van der Waals surface area contributed by atoms with E-state index in [1.165, 1.54) is 27.6 Å². The molecule has 3 nitrogen and oxygen atoms in total. The summed E-state index contributed by atoms with van der Waals surface area (Å²) in [6.45, 7) is 0.703. The van der Waals surface area contributed by atoms with Crippen molar-refractivity contribution in [1.82, 2.24) is 9.47 Å². The standard InChI is InChI=1S/C17H17ClN2O.ClH/c1-19-8-10-7-15-13(6-11(17(18)21)9-20(15)2)12-4-3-5-14(19)16(10)12;/h3-6,8,11,15H,7,9H2,1-2H3;1H/t11-,15-;/m1./s1. The monoisotopic (exact) mass is 336 g/mol. The second-order valence-corrected chi connectivity index (χ2v) is 6.53. The fourth-order valence-electron chi connectivity index (χ4n) is 3.87. The van der Waals surface area contributed by atoms with Gasteiger partial charge in [-0.15, -0.1) is 12.4 Å². The first-order valence-corrected chi connectivity index (χ1v) is 7.62. The Hall–Kier alpha value is -1.29. The van der Waals surface area contributed by atoms with E-state index >= 15 is 0 Å². The highest BCUT2D eigenvalue weighted by atomic mass is 35.5. The number of likely N-dealkylation sites (N-methyl/N-ethyl adjacent to an activating group) is 1. The van der Waals surface area contributed by atoms with Crippen LogP contribution in [0.3, 0.4) is 0 Å². The van der Waals surface area contributed by atoms with Crippen molar-refractivity contribution in [3.63, 3.8) is 0 Å². The lowest BCUT2D eigenvalue weighted by atomic mass is 9.80. The molecule has 0 saturated carbocycles. The molecule has 0 unspecified atom stereocenters. The molecule has 1 aromatic carbocycles. The summed E-state index contributed by atoms with van der Waals surface area (Å²) in [5.41, 5.74) is 5.16. The Morgan fingerprint density at radius 2 is 2.09 bits per heavy atom. The van der Waals surface area contributed by atoms with Crippen LogP contribution in [0.15, 0.2) is 30.5 Å². The quantitative estimate of drug-likeness (QED) is 0.747. The van der Waals surface area contributed by atoms with Gasteiger partial charge in [0.25, 0.3) is 0 Å². The summed E-state index contributed by atoms with van der Waals surface area (Å²) in [5.74, 6) is -0.205. The Balaban J connectivity index is 0.00000144. The number of rotatable bonds is 1. The van der Waals surface area contributed by atoms with Crippen LogP contribution >= 0.6 is 24.0 Å². The number of hydrogen-bond donors (Lipinski definition) is 0. The number of carbonyl (C=O) groups excluding carboxylic acids is 1. The lowest BCUT2D eigenvalue weighted by molar-refractivity contribution is -0.114. The maximum absolute atomic E-state index is 11.6. The molecule has 0 bridgehead atoms. The highest BCUT2D eigenvalue weighted by Gasteiger charge is 2.35. The van der Waals surface area contributed by atoms with Crippen LogP contribution in [-0.2, 0) is 18.3 Å². The molecular formula is C17H18Cl2N2O. The molecule has 0 radical (unpaired) electrons. The number of nitrogens with zero attached hydrogens (tertiary/aromatic N) is 2. The lowest BCUT2D eigenvalue weighted by Crippen LogP contribution is -2.43. The summed E-state index contributed by atoms with van der Waals surface area (Å²) in [7, 11) is 4.17. The molecule has 5 heteroatoms. The van der Waals surface area contributed by atoms with Gasteiger partial charge in [0.1, 0.15) is 0 Å². The van der Waals surface area contributed by atoms with E-state index in [1.54, 1.807) is 0 Å². The van der Waals surface area contributed by atoms with Crippen molar-refractivity contribution >= 4 is 45.7 Å². The zero-order valence-electron chi connectivity index (χ0n) is 12.5. The van der Waals surface area contributed by atoms with E-state index in [0.29, 0.717) is 12.6 Å². The molecule has 4 rings (SSSR count). The van der Waals surface area contributed by atoms with Gasteiger partial charge in [0.05, 0.1) is 5.92 Å². The van der Waals surface area contributed by atoms with Crippen LogP contribution in [0.1, 0.15) is 11.1 Å². The highest BCUT2D eigenvalue weighted by molar-refractivity contribution is 6.64. The average molecular weight is 337 g/mol. The number of fused-ring (bicyclic) bond motifs is 2. The van der Waals surface area contributed by atoms with E-state index in [9.17, 15) is 4.79 Å². The zero-order chi connectivity index (χ0) is 14.7. The van der Waals surface area contributed by atoms with E-state index < -0.39 is 0 Å². The van der Waals surface area contributed by atoms with Gasteiger partial charge in [0.2, 0.25) is 5.24 Å². The molecular weight excluding hydrogens is 319 g/mol. The summed E-state index contributed by atoms with van der Waals surface area (Å²) < 4.78 is 2.19. The highest BCUT2D eigenvalue weighted by Crippen LogP contribution is 2.41. The molecule has 0 saturated heterocycles. The Morgan fingerprint density at radius 3 is 2.82 bits per heavy atom. The van der Waals surface area contributed by atoms with Gasteiger partial charge in [-0.25, -0.2) is 0 Å². The van der Waals surface area contributed by atoms with Crippen molar-refractivity contribution in [3.05, 3.63) is 41.6 Å². The van der Waals surface area contributed by atoms with Crippen LogP contribution in [0, 0.1) is 5.92 Å². The fraction of sp³-hybridized carbons (Fsp3) is 0.353. The average Bonchev–Trinajstić information content (AvgIpc) is 2.78. The van der Waals surface area contributed by atoms with Gasteiger partial charge in [-0.2, -0.15) is 0 Å². The first-order valence-electron chi connectivity index (χ1n) is 7.25. The SMILES string of the molecule is CN1C[C@H](C(=O)Cl)C=C2c3cccc4c3c(cn4C)C[C@H]21.Cl. The Kier molecular flexibility index (Phi) is 3.84. The maximum Gasteiger partial charge on any atom is 0.229 e. The Labute approximate surface area is 140 Å². The molecule has 2 atom stereocenters. The first kappa shape index (κ1) is 15.6. The number of aryl methyl sites for hydroxylation is 1. The third-order valence-electron chi connectivity index (χ3n) is 4.87. The number of aromatic nitrogens is 1. The molecule has 1 aliphatic heterocycles. The Bertz CT molecular complexity index is 793. The van der Waals surface area contributed by atoms with Crippen LogP contribution in [0.25, 0.3) is 16.5 Å². The summed E-state index contributed by atoms with van der Waals surface area (Å²) in [4.78, 5) is 13.9. The predicted molar refractivity (Wildman–Crippen MR) is 92.6 cm³/mol. The lowest BCUT2D eigenvalue weighted by Gasteiger charge is -2.39. The van der Waals surface area contributed by atoms with E-state index in [4.69, 9.17) is 11.6 Å². The second kappa shape index (κ2) is 5.41. The molecule has 1 aromatic heterocycles. The molecule has 1 aliphatic carbocycles. The fourth-order valence-corrected chi connectivity index (χ4v) is 4.00. The van der Waals surface area contributed by atoms with Crippen molar-refractivity contribution in [2.75, 3.05) is 13.6 Å². The smallest absolute Gasteiger partial charge is 0.229 e. The summed E-state index contributed by atoms with van der Waals surface area (Å²) in [6, 6.07) is 6.76. The van der Waals surface area contributed by atoms with Gasteiger partial charge in [-0.1, -0.05) is 18.2 Å². The van der Waals surface area contributed by atoms with E-state index in [1.807, 2.05) is 0 Å². The molecule has 2 heterocycles. The third-order valence-corrected chi connectivity index (χ3v) is 5.15. The van der Waals surface area contributed by atoms with E-state index in [2.05, 4.69) is 54.0 Å². The van der Waals surface area contributed by atoms with Crippen molar-refractivity contribution in [2.24, 2.45) is 13.0 Å². The van der Waals surface area contributed by atoms with Crippen LogP contribution in [-0.4, -0.2) is 34.3 Å². The molecule has 0 amide bonds. The minimum absolute atomic E-state index is 0. The minimum Gasteiger partial charge on any atom is -0.350 e. The van der Waals surface area contributed by atoms with Gasteiger partial charge in [0.15, 0.2) is 0 Å². The Morgan fingerprint density at radius 1 is 1.32 bits per heavy atom. The van der Waals surface area contributed by atoms with Crippen molar-refractivity contribution in [2.45, 2.75) is 12.5 Å².